The topological polar surface area (TPSA) is 90.9 Å². The average molecular weight is 175 g/mol. The highest BCUT2D eigenvalue weighted by Gasteiger charge is 1.96. The van der Waals surface area contributed by atoms with Gasteiger partial charge in [-0.15, -0.1) is 0 Å². The van der Waals surface area contributed by atoms with Crippen molar-refractivity contribution in [2.24, 2.45) is 0 Å². The Bertz CT molecular complexity index is 379. The maximum atomic E-state index is 10.8. The lowest BCUT2D eigenvalue weighted by Crippen LogP contribution is -2.36. The fourth-order valence-electron chi connectivity index (χ4n) is 0.581. The summed E-state index contributed by atoms with van der Waals surface area (Å²) in [5.41, 5.74) is -1.44. The van der Waals surface area contributed by atoms with Crippen molar-refractivity contribution in [3.63, 3.8) is 0 Å². The van der Waals surface area contributed by atoms with Gasteiger partial charge in [0.25, 0.3) is 0 Å². The summed E-state index contributed by atoms with van der Waals surface area (Å²) in [5.74, 6) is 0. The minimum Gasteiger partial charge on any atom is -0.376 e. The Morgan fingerprint density at radius 1 is 1.36 bits per heavy atom. The van der Waals surface area contributed by atoms with Gasteiger partial charge in [0.2, 0.25) is 0 Å². The van der Waals surface area contributed by atoms with Crippen molar-refractivity contribution in [3.8, 4) is 0 Å². The Kier molecular flexibility index (Phi) is 2.01. The van der Waals surface area contributed by atoms with Crippen molar-refractivity contribution >= 4 is 12.2 Å². The smallest absolute Gasteiger partial charge is 0.333 e. The van der Waals surface area contributed by atoms with E-state index in [1.807, 2.05) is 0 Å². The number of aliphatic hydroxyl groups excluding tert-OH is 1. The van der Waals surface area contributed by atoms with E-state index < -0.39 is 18.1 Å². The molecule has 1 rings (SSSR count). The van der Waals surface area contributed by atoms with Gasteiger partial charge in [-0.1, -0.05) is 0 Å². The van der Waals surface area contributed by atoms with E-state index in [0.29, 0.717) is 4.57 Å². The molecule has 0 bridgehead atoms. The van der Waals surface area contributed by atoms with Crippen LogP contribution in [0.2, 0.25) is 0 Å². The number of hydrogen-bond donors (Lipinski definition) is 3. The molecule has 0 unspecified atom stereocenters. The summed E-state index contributed by atoms with van der Waals surface area (Å²) < 4.78 is 0.528. The van der Waals surface area contributed by atoms with Crippen LogP contribution in [0, 0.1) is 4.77 Å². The zero-order valence-electron chi connectivity index (χ0n) is 5.33. The first kappa shape index (κ1) is 7.89. The summed E-state index contributed by atoms with van der Waals surface area (Å²) in [4.78, 5) is 25.8. The zero-order chi connectivity index (χ0) is 8.43. The Labute approximate surface area is 65.1 Å². The van der Waals surface area contributed by atoms with Gasteiger partial charge < -0.3 is 5.11 Å². The first-order chi connectivity index (χ1) is 5.15. The maximum Gasteiger partial charge on any atom is 0.333 e. The number of nitrogens with one attached hydrogen (secondary N) is 2. The molecule has 0 aromatic carbocycles. The van der Waals surface area contributed by atoms with Crippen LogP contribution in [0.25, 0.3) is 0 Å². The number of aliphatic hydroxyl groups is 1. The fraction of sp³-hybridized carbons (Fsp3) is 0.250. The highest BCUT2D eigenvalue weighted by atomic mass is 32.1. The van der Waals surface area contributed by atoms with Gasteiger partial charge in [-0.05, 0) is 12.2 Å². The van der Waals surface area contributed by atoms with E-state index in [-0.39, 0.29) is 4.77 Å². The van der Waals surface area contributed by atoms with Crippen molar-refractivity contribution < 1.29 is 5.11 Å². The molecular weight excluding hydrogens is 170 g/mol. The van der Waals surface area contributed by atoms with E-state index in [0.717, 1.165) is 0 Å². The number of rotatable bonds is 1. The molecule has 6 nitrogen and oxygen atoms in total. The summed E-state index contributed by atoms with van der Waals surface area (Å²) in [7, 11) is 0. The van der Waals surface area contributed by atoms with Gasteiger partial charge in [-0.25, -0.2) is 14.2 Å². The highest BCUT2D eigenvalue weighted by molar-refractivity contribution is 7.71. The Hall–Kier alpha value is -1.21. The van der Waals surface area contributed by atoms with Crippen molar-refractivity contribution in [2.75, 3.05) is 0 Å². The lowest BCUT2D eigenvalue weighted by molar-refractivity contribution is 0.197. The van der Waals surface area contributed by atoms with Gasteiger partial charge in [0.15, 0.2) is 4.77 Å². The SMILES string of the molecule is O=c1[nH]c(=S)[nH]c(=O)n1CO. The molecule has 0 spiro atoms. The number of aromatic amines is 2. The lowest BCUT2D eigenvalue weighted by Gasteiger charge is -1.95. The molecule has 11 heavy (non-hydrogen) atoms. The largest absolute Gasteiger partial charge is 0.376 e. The molecule has 0 saturated heterocycles. The molecule has 0 fully saturated rings. The van der Waals surface area contributed by atoms with Gasteiger partial charge in [0.1, 0.15) is 6.73 Å². The molecule has 3 N–H and O–H groups in total. The van der Waals surface area contributed by atoms with Crippen LogP contribution in [0.1, 0.15) is 0 Å². The highest BCUT2D eigenvalue weighted by Crippen LogP contribution is 1.65. The molecule has 1 heterocycles. The molecule has 1 aromatic rings. The second kappa shape index (κ2) is 2.81. The van der Waals surface area contributed by atoms with Crippen LogP contribution < -0.4 is 11.4 Å². The zero-order valence-corrected chi connectivity index (χ0v) is 6.14. The number of H-pyrrole nitrogens is 2. The number of hydrogen-bond acceptors (Lipinski definition) is 4. The van der Waals surface area contributed by atoms with Crippen LogP contribution in [0.5, 0.6) is 0 Å². The standard InChI is InChI=1S/C4H5N3O3S/c8-1-7-3(9)5-2(11)6-4(7)10/h8H,1H2,(H2,5,6,9,10,11). The lowest BCUT2D eigenvalue weighted by atomic mass is 10.9. The summed E-state index contributed by atoms with van der Waals surface area (Å²) in [5, 5.41) is 8.48. The monoisotopic (exact) mass is 175 g/mol. The van der Waals surface area contributed by atoms with Crippen molar-refractivity contribution in [2.45, 2.75) is 6.73 Å². The summed E-state index contributed by atoms with van der Waals surface area (Å²) >= 11 is 4.49. The van der Waals surface area contributed by atoms with Gasteiger partial charge in [0, 0.05) is 0 Å². The second-order valence-corrected chi connectivity index (χ2v) is 2.17. The molecule has 60 valence electrons. The molecule has 0 aliphatic heterocycles. The summed E-state index contributed by atoms with van der Waals surface area (Å²) in [6.07, 6.45) is 0. The van der Waals surface area contributed by atoms with Crippen LogP contribution >= 0.6 is 12.2 Å². The maximum absolute atomic E-state index is 10.8. The van der Waals surface area contributed by atoms with E-state index in [1.54, 1.807) is 0 Å². The van der Waals surface area contributed by atoms with Crippen LogP contribution in [0.15, 0.2) is 9.59 Å². The first-order valence-electron chi connectivity index (χ1n) is 2.69. The van der Waals surface area contributed by atoms with Crippen LogP contribution in [0.3, 0.4) is 0 Å². The Morgan fingerprint density at radius 3 is 2.18 bits per heavy atom. The van der Waals surface area contributed by atoms with E-state index in [4.69, 9.17) is 5.11 Å². The Balaban J connectivity index is 3.63. The molecule has 0 radical (unpaired) electrons. The van der Waals surface area contributed by atoms with Gasteiger partial charge in [-0.3, -0.25) is 9.97 Å². The van der Waals surface area contributed by atoms with Gasteiger partial charge in [-0.2, -0.15) is 0 Å². The van der Waals surface area contributed by atoms with Crippen LogP contribution in [-0.2, 0) is 6.73 Å². The van der Waals surface area contributed by atoms with E-state index >= 15 is 0 Å². The van der Waals surface area contributed by atoms with E-state index in [2.05, 4.69) is 22.2 Å². The Morgan fingerprint density at radius 2 is 1.82 bits per heavy atom. The number of nitrogens with zero attached hydrogens (tertiary/aromatic N) is 1. The average Bonchev–Trinajstić information content (AvgIpc) is 1.85. The van der Waals surface area contributed by atoms with Gasteiger partial charge in [0.05, 0.1) is 0 Å². The fourth-order valence-corrected chi connectivity index (χ4v) is 0.756. The third-order valence-electron chi connectivity index (χ3n) is 1.07. The third kappa shape index (κ3) is 1.44. The van der Waals surface area contributed by atoms with Crippen molar-refractivity contribution in [3.05, 3.63) is 25.7 Å². The van der Waals surface area contributed by atoms with Crippen molar-refractivity contribution in [1.82, 2.24) is 14.5 Å². The second-order valence-electron chi connectivity index (χ2n) is 1.76. The molecule has 0 atom stereocenters. The molecular formula is C4H5N3O3S. The van der Waals surface area contributed by atoms with Crippen LogP contribution in [-0.4, -0.2) is 19.6 Å². The first-order valence-corrected chi connectivity index (χ1v) is 3.10. The number of aromatic nitrogens is 3. The molecule has 0 saturated carbocycles. The summed E-state index contributed by atoms with van der Waals surface area (Å²) in [6.45, 7) is -0.666. The predicted octanol–water partition coefficient (Wildman–Crippen LogP) is -1.46. The minimum atomic E-state index is -0.721. The molecule has 0 aliphatic carbocycles. The third-order valence-corrected chi connectivity index (χ3v) is 1.28. The molecule has 1 aromatic heterocycles. The molecule has 0 amide bonds. The normalized spacial score (nSPS) is 9.91. The summed E-state index contributed by atoms with van der Waals surface area (Å²) in [6, 6.07) is 0. The molecule has 7 heteroatoms. The quantitative estimate of drug-likeness (QED) is 0.455. The molecule has 0 aliphatic rings. The van der Waals surface area contributed by atoms with Gasteiger partial charge >= 0.3 is 11.4 Å². The van der Waals surface area contributed by atoms with E-state index in [9.17, 15) is 9.59 Å². The van der Waals surface area contributed by atoms with E-state index in [1.165, 1.54) is 0 Å². The van der Waals surface area contributed by atoms with Crippen molar-refractivity contribution in [1.29, 1.82) is 0 Å². The predicted molar refractivity (Wildman–Crippen MR) is 38.7 cm³/mol. The van der Waals surface area contributed by atoms with Crippen LogP contribution in [0.4, 0.5) is 0 Å². The minimum absolute atomic E-state index is 0.0512.